The van der Waals surface area contributed by atoms with Crippen LogP contribution in [0.1, 0.15) is 122 Å². The van der Waals surface area contributed by atoms with Gasteiger partial charge in [-0.15, -0.1) is 0 Å². The van der Waals surface area contributed by atoms with Gasteiger partial charge in [0, 0.05) is 49.4 Å². The predicted octanol–water partition coefficient (Wildman–Crippen LogP) is 27.8. The molecule has 3 heteroatoms. The number of aromatic nitrogens is 3. The van der Waals surface area contributed by atoms with E-state index in [0.29, 0.717) is 33.2 Å². The molecule has 0 atom stereocenters. The molecule has 17 aromatic rings. The van der Waals surface area contributed by atoms with Crippen molar-refractivity contribution >= 4 is 65.4 Å². The number of fused-ring (bicyclic) bond motifs is 9. The number of benzene rings is 14. The third-order valence-electron chi connectivity index (χ3n) is 18.7. The molecule has 0 aliphatic rings. The van der Waals surface area contributed by atoms with Crippen LogP contribution in [0.15, 0.2) is 327 Å². The monoisotopic (exact) mass is 1340 g/mol. The van der Waals surface area contributed by atoms with Crippen LogP contribution in [0.5, 0.6) is 0 Å². The molecule has 502 valence electrons. The van der Waals surface area contributed by atoms with Gasteiger partial charge in [-0.1, -0.05) is 335 Å². The number of hydrogen-bond donors (Lipinski definition) is 0. The largest absolute Gasteiger partial charge is 0.309 e. The van der Waals surface area contributed by atoms with Crippen molar-refractivity contribution in [1.82, 2.24) is 13.7 Å². The molecule has 0 fully saturated rings. The lowest BCUT2D eigenvalue weighted by atomic mass is 9.78. The lowest BCUT2D eigenvalue weighted by Crippen LogP contribution is -2.13. The molecule has 3 aromatic heterocycles. The third kappa shape index (κ3) is 12.5. The zero-order valence-electron chi connectivity index (χ0n) is 76.6. The summed E-state index contributed by atoms with van der Waals surface area (Å²) in [5.74, 6) is 0. The third-order valence-corrected chi connectivity index (χ3v) is 18.7. The first-order chi connectivity index (χ1) is 56.4. The topological polar surface area (TPSA) is 14.8 Å². The molecule has 0 unspecified atom stereocenters. The summed E-state index contributed by atoms with van der Waals surface area (Å²) in [5.41, 5.74) is 16.8. The highest BCUT2D eigenvalue weighted by molar-refractivity contribution is 6.21. The molecule has 14 aromatic carbocycles. The normalized spacial score (nSPS) is 14.3. The zero-order valence-corrected chi connectivity index (χ0v) is 58.6. The molecule has 0 saturated carbocycles. The van der Waals surface area contributed by atoms with E-state index in [2.05, 4.69) is 134 Å². The Kier molecular flexibility index (Phi) is 13.3. The van der Waals surface area contributed by atoms with E-state index in [1.54, 1.807) is 19.9 Å². The molecule has 0 bridgehead atoms. The van der Waals surface area contributed by atoms with Gasteiger partial charge in [-0.05, 0) is 175 Å². The molecular formula is C99H91N3. The summed E-state index contributed by atoms with van der Waals surface area (Å²) in [7, 11) is 0. The van der Waals surface area contributed by atoms with Gasteiger partial charge in [0.2, 0.25) is 0 Å². The average Bonchev–Trinajstić information content (AvgIpc) is 1.55. The molecule has 0 amide bonds. The molecule has 0 aliphatic carbocycles. The van der Waals surface area contributed by atoms with Crippen molar-refractivity contribution in [2.45, 2.75) is 99.8 Å². The Morgan fingerprint density at radius 1 is 0.245 bits per heavy atom. The highest BCUT2D eigenvalue weighted by Gasteiger charge is 2.30. The van der Waals surface area contributed by atoms with Crippen LogP contribution in [-0.2, 0) is 16.2 Å². The van der Waals surface area contributed by atoms with Gasteiger partial charge in [-0.2, -0.15) is 0 Å². The van der Waals surface area contributed by atoms with Crippen LogP contribution in [0.2, 0.25) is 0 Å². The molecule has 3 heterocycles. The van der Waals surface area contributed by atoms with Crippen LogP contribution in [0.25, 0.3) is 138 Å². The Bertz CT molecular complexity index is 6890. The van der Waals surface area contributed by atoms with Gasteiger partial charge in [0.05, 0.1) is 57.8 Å². The van der Waals surface area contributed by atoms with Crippen LogP contribution < -0.4 is 0 Å². The van der Waals surface area contributed by atoms with E-state index in [-0.39, 0.29) is 131 Å². The van der Waals surface area contributed by atoms with Crippen molar-refractivity contribution in [2.75, 3.05) is 0 Å². The summed E-state index contributed by atoms with van der Waals surface area (Å²) in [6, 6.07) is 68.3. The molecule has 102 heavy (non-hydrogen) atoms. The molecule has 0 saturated heterocycles. The summed E-state index contributed by atoms with van der Waals surface area (Å²) < 4.78 is 161. The van der Waals surface area contributed by atoms with E-state index < -0.39 is 23.5 Å². The van der Waals surface area contributed by atoms with Crippen molar-refractivity contribution in [3.05, 3.63) is 355 Å². The quantitative estimate of drug-likeness (QED) is 0.144. The summed E-state index contributed by atoms with van der Waals surface area (Å²) >= 11 is 0. The summed E-state index contributed by atoms with van der Waals surface area (Å²) in [6.45, 7) is 22.5. The first-order valence-corrected chi connectivity index (χ1v) is 34.2. The van der Waals surface area contributed by atoms with E-state index in [4.69, 9.17) is 24.7 Å². The van der Waals surface area contributed by atoms with E-state index in [0.717, 1.165) is 105 Å². The van der Waals surface area contributed by atoms with Gasteiger partial charge in [0.1, 0.15) is 0 Å². The number of hydrogen-bond acceptors (Lipinski definition) is 0. The molecule has 3 nitrogen and oxygen atoms in total. The van der Waals surface area contributed by atoms with E-state index in [1.165, 1.54) is 5.56 Å². The molecule has 0 aliphatic heterocycles. The summed E-state index contributed by atoms with van der Waals surface area (Å²) in [6.07, 6.45) is 0. The second-order valence-corrected chi connectivity index (χ2v) is 28.7. The lowest BCUT2D eigenvalue weighted by Gasteiger charge is -2.25. The Hall–Kier alpha value is -11.5. The molecule has 0 radical (unpaired) electrons. The van der Waals surface area contributed by atoms with Crippen molar-refractivity contribution in [3.63, 3.8) is 0 Å². The molecule has 17 rings (SSSR count). The minimum absolute atomic E-state index is 0. The standard InChI is InChI=1S/C35H31N.C34H29N.C29H27N.CH4/c1-24-18-20-26(21-19-24)29-22-23-31-33(34(29)35(2,3)4)32-28(25-12-7-5-8-13-25)16-11-17-30(32)36(31)27-14-9-6-10-15-27;1-34(2,3)33-28(25-16-9-5-10-17-25)22-23-30-32(33)31-27(24-14-7-4-8-15-24)20-13-21-29(31)35(30)26-18-11-6-12-19-26;1-20-11-8-12-21(19-20)23-15-9-17-25-27(23)28-24(29(2,3)4)16-10-18-26(28)30(25)22-13-6-5-7-14-22;/h5-23H,1-4H3;4-23H,1-3H3;5-19H,1-4H3;1H4/i5D,7D,8D,12D,13D,18D,19D,20D,21D;4D,7D,8D,14D,15D;8D,11D,12D,19D;. The first-order valence-electron chi connectivity index (χ1n) is 43.2. The van der Waals surface area contributed by atoms with E-state index in [1.807, 2.05) is 154 Å². The fourth-order valence-electron chi connectivity index (χ4n) is 14.7. The summed E-state index contributed by atoms with van der Waals surface area (Å²) in [4.78, 5) is 0. The minimum atomic E-state index is -0.592. The Balaban J connectivity index is 0.000000148. The smallest absolute Gasteiger partial charge is 0.0632 e. The first kappa shape index (κ1) is 49.1. The Morgan fingerprint density at radius 3 is 1.00 bits per heavy atom. The van der Waals surface area contributed by atoms with Crippen LogP contribution in [0, 0.1) is 13.8 Å². The van der Waals surface area contributed by atoms with Gasteiger partial charge in [-0.3, -0.25) is 0 Å². The SMILES string of the molecule is C.[2H]c1c([2H])c(C)c([2H])c(-c2cccc3c2c2c(C(C)(C)C)cccc2n3-c2ccccc2)c1[2H].[2H]c1c([2H])c([2H])c(-c2cccc3c2c2c(C(C)(C)C)c(-c4c([2H])c([2H])c(C)c([2H])c4[2H])ccc2n3-c2ccccc2)c([2H])c1[2H].[2H]c1c([2H])c([2H])c(-c2cccc3c2c2c(C(C)(C)C)c(-c4ccccc4)ccc2n3-c2ccccc2)c([2H])c1[2H]. The highest BCUT2D eigenvalue weighted by Crippen LogP contribution is 2.50. The van der Waals surface area contributed by atoms with Crippen LogP contribution in [0.3, 0.4) is 0 Å². The van der Waals surface area contributed by atoms with E-state index in [9.17, 15) is 0 Å². The van der Waals surface area contributed by atoms with Crippen molar-refractivity contribution in [3.8, 4) is 72.7 Å². The van der Waals surface area contributed by atoms with Crippen molar-refractivity contribution in [1.29, 1.82) is 0 Å². The van der Waals surface area contributed by atoms with E-state index >= 15 is 0 Å². The lowest BCUT2D eigenvalue weighted by molar-refractivity contribution is 0.596. The van der Waals surface area contributed by atoms with Crippen LogP contribution >= 0.6 is 0 Å². The van der Waals surface area contributed by atoms with Gasteiger partial charge >= 0.3 is 0 Å². The molecule has 0 spiro atoms. The zero-order chi connectivity index (χ0) is 85.4. The van der Waals surface area contributed by atoms with Crippen LogP contribution in [-0.4, -0.2) is 13.7 Å². The maximum absolute atomic E-state index is 8.92. The number of rotatable bonds is 8. The Labute approximate surface area is 628 Å². The van der Waals surface area contributed by atoms with Gasteiger partial charge in [0.25, 0.3) is 0 Å². The van der Waals surface area contributed by atoms with Gasteiger partial charge < -0.3 is 13.7 Å². The maximum Gasteiger partial charge on any atom is 0.0632 e. The minimum Gasteiger partial charge on any atom is -0.309 e. The maximum atomic E-state index is 8.92. The fraction of sp³-hybridized carbons (Fsp3) is 0.152. The number of nitrogens with zero attached hydrogens (tertiary/aromatic N) is 3. The molecule has 0 N–H and O–H groups in total. The average molecular weight is 1340 g/mol. The highest BCUT2D eigenvalue weighted by atomic mass is 15.0. The second kappa shape index (κ2) is 27.5. The van der Waals surface area contributed by atoms with Crippen molar-refractivity contribution < 1.29 is 24.7 Å². The van der Waals surface area contributed by atoms with Crippen LogP contribution in [0.4, 0.5) is 0 Å². The fourth-order valence-corrected chi connectivity index (χ4v) is 14.7. The second-order valence-electron chi connectivity index (χ2n) is 28.7. The molecular weight excluding hydrogens is 1230 g/mol. The summed E-state index contributed by atoms with van der Waals surface area (Å²) in [5, 5.41) is 5.40. The Morgan fingerprint density at radius 2 is 0.588 bits per heavy atom. The predicted molar refractivity (Wildman–Crippen MR) is 442 cm³/mol. The van der Waals surface area contributed by atoms with Crippen molar-refractivity contribution in [2.24, 2.45) is 0 Å². The van der Waals surface area contributed by atoms with Gasteiger partial charge in [-0.25, -0.2) is 0 Å². The number of para-hydroxylation sites is 3. The van der Waals surface area contributed by atoms with Gasteiger partial charge in [0.15, 0.2) is 0 Å².